The molecule has 0 fully saturated rings. The highest BCUT2D eigenvalue weighted by Gasteiger charge is 2.23. The lowest BCUT2D eigenvalue weighted by Crippen LogP contribution is -2.38. The van der Waals surface area contributed by atoms with Crippen molar-refractivity contribution in [3.05, 3.63) is 47.5 Å². The molecule has 0 bridgehead atoms. The van der Waals surface area contributed by atoms with Crippen LogP contribution in [0.2, 0.25) is 0 Å². The second kappa shape index (κ2) is 6.71. The van der Waals surface area contributed by atoms with Crippen LogP contribution in [0.15, 0.2) is 42.0 Å². The number of aliphatic hydroxyl groups is 1. The van der Waals surface area contributed by atoms with Crippen LogP contribution >= 0.6 is 0 Å². The van der Waals surface area contributed by atoms with Gasteiger partial charge in [0, 0.05) is 6.42 Å². The van der Waals surface area contributed by atoms with Crippen LogP contribution in [-0.2, 0) is 10.4 Å². The van der Waals surface area contributed by atoms with E-state index < -0.39 is 5.60 Å². The number of amides is 1. The molecule has 3 nitrogen and oxygen atoms in total. The highest BCUT2D eigenvalue weighted by atomic mass is 16.3. The molecule has 20 heavy (non-hydrogen) atoms. The third-order valence-corrected chi connectivity index (χ3v) is 3.80. The SMILES string of the molecule is CC(O)(CNC(=O)CC1=CCCCC1)c1ccccc1. The first-order valence-electron chi connectivity index (χ1n) is 7.30. The number of carbonyl (C=O) groups excluding carboxylic acids is 1. The van der Waals surface area contributed by atoms with Crippen LogP contribution in [0, 0.1) is 0 Å². The Morgan fingerprint density at radius 1 is 1.30 bits per heavy atom. The second-order valence-electron chi connectivity index (χ2n) is 5.70. The van der Waals surface area contributed by atoms with E-state index in [4.69, 9.17) is 0 Å². The molecule has 108 valence electrons. The van der Waals surface area contributed by atoms with E-state index in [0.29, 0.717) is 6.42 Å². The zero-order valence-corrected chi connectivity index (χ0v) is 12.1. The summed E-state index contributed by atoms with van der Waals surface area (Å²) in [5.74, 6) is -0.00523. The Kier molecular flexibility index (Phi) is 4.96. The van der Waals surface area contributed by atoms with Gasteiger partial charge in [0.1, 0.15) is 5.60 Å². The summed E-state index contributed by atoms with van der Waals surface area (Å²) in [6, 6.07) is 9.43. The van der Waals surface area contributed by atoms with E-state index in [2.05, 4.69) is 11.4 Å². The molecule has 0 aliphatic heterocycles. The fraction of sp³-hybridized carbons (Fsp3) is 0.471. The zero-order chi connectivity index (χ0) is 14.4. The highest BCUT2D eigenvalue weighted by Crippen LogP contribution is 2.21. The third-order valence-electron chi connectivity index (χ3n) is 3.80. The van der Waals surface area contributed by atoms with Gasteiger partial charge >= 0.3 is 0 Å². The van der Waals surface area contributed by atoms with Crippen molar-refractivity contribution in [2.75, 3.05) is 6.54 Å². The van der Waals surface area contributed by atoms with Gasteiger partial charge in [-0.25, -0.2) is 0 Å². The predicted octanol–water partition coefficient (Wildman–Crippen LogP) is 2.90. The first-order valence-corrected chi connectivity index (χ1v) is 7.30. The fourth-order valence-corrected chi connectivity index (χ4v) is 2.50. The molecular weight excluding hydrogens is 250 g/mol. The first-order chi connectivity index (χ1) is 9.58. The van der Waals surface area contributed by atoms with E-state index in [-0.39, 0.29) is 12.5 Å². The summed E-state index contributed by atoms with van der Waals surface area (Å²) >= 11 is 0. The minimum Gasteiger partial charge on any atom is -0.384 e. The van der Waals surface area contributed by atoms with Gasteiger partial charge in [-0.15, -0.1) is 0 Å². The van der Waals surface area contributed by atoms with E-state index in [0.717, 1.165) is 18.4 Å². The molecule has 0 radical (unpaired) electrons. The quantitative estimate of drug-likeness (QED) is 0.810. The Hall–Kier alpha value is -1.61. The molecule has 0 saturated heterocycles. The lowest BCUT2D eigenvalue weighted by Gasteiger charge is -2.24. The van der Waals surface area contributed by atoms with Crippen molar-refractivity contribution in [3.8, 4) is 0 Å². The average molecular weight is 273 g/mol. The molecule has 1 aliphatic rings. The molecule has 0 spiro atoms. The van der Waals surface area contributed by atoms with Crippen molar-refractivity contribution in [2.45, 2.75) is 44.6 Å². The number of carbonyl (C=O) groups is 1. The summed E-state index contributed by atoms with van der Waals surface area (Å²) in [6.45, 7) is 1.96. The minimum absolute atomic E-state index is 0.00523. The van der Waals surface area contributed by atoms with Crippen LogP contribution in [0.3, 0.4) is 0 Å². The van der Waals surface area contributed by atoms with Crippen LogP contribution in [-0.4, -0.2) is 17.6 Å². The summed E-state index contributed by atoms with van der Waals surface area (Å²) in [5.41, 5.74) is 1.02. The molecule has 1 amide bonds. The first kappa shape index (κ1) is 14.8. The monoisotopic (exact) mass is 273 g/mol. The van der Waals surface area contributed by atoms with Gasteiger partial charge in [0.15, 0.2) is 0 Å². The molecule has 1 atom stereocenters. The van der Waals surface area contributed by atoms with Gasteiger partial charge in [-0.1, -0.05) is 42.0 Å². The van der Waals surface area contributed by atoms with Crippen molar-refractivity contribution in [1.82, 2.24) is 5.32 Å². The van der Waals surface area contributed by atoms with E-state index in [1.807, 2.05) is 30.3 Å². The van der Waals surface area contributed by atoms with Crippen molar-refractivity contribution in [2.24, 2.45) is 0 Å². The molecule has 1 aromatic carbocycles. The standard InChI is InChI=1S/C17H23NO2/c1-17(20,15-10-6-3-7-11-15)13-18-16(19)12-14-8-4-2-5-9-14/h3,6-8,10-11,20H,2,4-5,9,12-13H2,1H3,(H,18,19). The number of benzene rings is 1. The van der Waals surface area contributed by atoms with Crippen LogP contribution < -0.4 is 5.32 Å². The summed E-state index contributed by atoms with van der Waals surface area (Å²) in [7, 11) is 0. The Balaban J connectivity index is 1.85. The van der Waals surface area contributed by atoms with Gasteiger partial charge in [-0.2, -0.15) is 0 Å². The Morgan fingerprint density at radius 2 is 2.05 bits per heavy atom. The topological polar surface area (TPSA) is 49.3 Å². The van der Waals surface area contributed by atoms with Gasteiger partial charge in [0.05, 0.1) is 6.54 Å². The summed E-state index contributed by atoms with van der Waals surface area (Å²) < 4.78 is 0. The smallest absolute Gasteiger partial charge is 0.224 e. The van der Waals surface area contributed by atoms with E-state index in [1.54, 1.807) is 6.92 Å². The Bertz CT molecular complexity index is 477. The molecule has 0 saturated carbocycles. The molecule has 0 heterocycles. The highest BCUT2D eigenvalue weighted by molar-refractivity contribution is 5.78. The van der Waals surface area contributed by atoms with Crippen LogP contribution in [0.25, 0.3) is 0 Å². The predicted molar refractivity (Wildman–Crippen MR) is 80.2 cm³/mol. The largest absolute Gasteiger partial charge is 0.384 e. The molecule has 1 aromatic rings. The van der Waals surface area contributed by atoms with E-state index in [9.17, 15) is 9.90 Å². The maximum atomic E-state index is 11.9. The zero-order valence-electron chi connectivity index (χ0n) is 12.1. The maximum Gasteiger partial charge on any atom is 0.224 e. The number of nitrogens with one attached hydrogen (secondary N) is 1. The number of rotatable bonds is 5. The van der Waals surface area contributed by atoms with E-state index in [1.165, 1.54) is 18.4 Å². The second-order valence-corrected chi connectivity index (χ2v) is 5.70. The number of hydrogen-bond donors (Lipinski definition) is 2. The normalized spacial score (nSPS) is 18.0. The lowest BCUT2D eigenvalue weighted by molar-refractivity contribution is -0.121. The Morgan fingerprint density at radius 3 is 2.70 bits per heavy atom. The molecule has 2 N–H and O–H groups in total. The van der Waals surface area contributed by atoms with E-state index >= 15 is 0 Å². The van der Waals surface area contributed by atoms with Crippen molar-refractivity contribution in [1.29, 1.82) is 0 Å². The third kappa shape index (κ3) is 4.20. The summed E-state index contributed by atoms with van der Waals surface area (Å²) in [6.07, 6.45) is 7.17. The van der Waals surface area contributed by atoms with Gasteiger partial charge in [-0.3, -0.25) is 4.79 Å². The molecule has 3 heteroatoms. The van der Waals surface area contributed by atoms with Gasteiger partial charge in [0.2, 0.25) is 5.91 Å². The van der Waals surface area contributed by atoms with Crippen LogP contribution in [0.4, 0.5) is 0 Å². The van der Waals surface area contributed by atoms with Crippen molar-refractivity contribution >= 4 is 5.91 Å². The average Bonchev–Trinajstić information content (AvgIpc) is 2.47. The van der Waals surface area contributed by atoms with Gasteiger partial charge in [0.25, 0.3) is 0 Å². The number of hydrogen-bond acceptors (Lipinski definition) is 2. The van der Waals surface area contributed by atoms with Crippen molar-refractivity contribution < 1.29 is 9.90 Å². The molecule has 2 rings (SSSR count). The van der Waals surface area contributed by atoms with Gasteiger partial charge < -0.3 is 10.4 Å². The summed E-state index contributed by atoms with van der Waals surface area (Å²) in [5, 5.41) is 13.3. The molecule has 1 unspecified atom stereocenters. The number of allylic oxidation sites excluding steroid dienone is 1. The molecule has 0 aromatic heterocycles. The van der Waals surface area contributed by atoms with Crippen LogP contribution in [0.1, 0.15) is 44.6 Å². The Labute approximate surface area is 120 Å². The van der Waals surface area contributed by atoms with Crippen molar-refractivity contribution in [3.63, 3.8) is 0 Å². The summed E-state index contributed by atoms with van der Waals surface area (Å²) in [4.78, 5) is 11.9. The molecular formula is C17H23NO2. The van der Waals surface area contributed by atoms with Crippen LogP contribution in [0.5, 0.6) is 0 Å². The molecule has 1 aliphatic carbocycles. The minimum atomic E-state index is -1.03. The maximum absolute atomic E-state index is 11.9. The van der Waals surface area contributed by atoms with Gasteiger partial charge in [-0.05, 0) is 38.2 Å². The lowest BCUT2D eigenvalue weighted by atomic mass is 9.95. The fourth-order valence-electron chi connectivity index (χ4n) is 2.50.